The lowest BCUT2D eigenvalue weighted by molar-refractivity contribution is -0.122. The molecule has 1 atom stereocenters. The lowest BCUT2D eigenvalue weighted by Crippen LogP contribution is -2.32. The molecule has 1 N–H and O–H groups in total. The highest BCUT2D eigenvalue weighted by Crippen LogP contribution is 2.17. The van der Waals surface area contributed by atoms with Crippen molar-refractivity contribution >= 4 is 11.6 Å². The number of carbonyl (C=O) groups is 1. The van der Waals surface area contributed by atoms with Gasteiger partial charge in [-0.05, 0) is 56.0 Å². The average molecular weight is 325 g/mol. The quantitative estimate of drug-likeness (QED) is 0.730. The van der Waals surface area contributed by atoms with E-state index in [0.29, 0.717) is 6.42 Å². The van der Waals surface area contributed by atoms with Gasteiger partial charge in [-0.25, -0.2) is 0 Å². The summed E-state index contributed by atoms with van der Waals surface area (Å²) < 4.78 is 5.82. The fourth-order valence-electron chi connectivity index (χ4n) is 2.46. The number of benzene rings is 2. The number of amides is 1. The summed E-state index contributed by atoms with van der Waals surface area (Å²) in [7, 11) is 0. The first-order valence-electron chi connectivity index (χ1n) is 8.75. The molecule has 0 aliphatic rings. The maximum absolute atomic E-state index is 12.4. The van der Waals surface area contributed by atoms with E-state index in [-0.39, 0.29) is 5.91 Å². The SMILES string of the molecule is CCCCc1ccc(NC(=O)[C@H](CC)Oc2ccc(C)cc2)cc1. The Balaban J connectivity index is 1.94. The Kier molecular flexibility index (Phi) is 6.86. The van der Waals surface area contributed by atoms with Crippen molar-refractivity contribution in [2.24, 2.45) is 0 Å². The second-order valence-corrected chi connectivity index (χ2v) is 6.12. The normalized spacial score (nSPS) is 11.8. The summed E-state index contributed by atoms with van der Waals surface area (Å²) in [5.74, 6) is 0.608. The molecule has 24 heavy (non-hydrogen) atoms. The van der Waals surface area contributed by atoms with Crippen LogP contribution >= 0.6 is 0 Å². The largest absolute Gasteiger partial charge is 0.481 e. The Morgan fingerprint density at radius 2 is 1.71 bits per heavy atom. The summed E-state index contributed by atoms with van der Waals surface area (Å²) in [6.07, 6.45) is 3.58. The molecule has 0 aliphatic carbocycles. The van der Waals surface area contributed by atoms with Crippen molar-refractivity contribution in [3.05, 3.63) is 59.7 Å². The predicted molar refractivity (Wildman–Crippen MR) is 99.6 cm³/mol. The van der Waals surface area contributed by atoms with Crippen molar-refractivity contribution in [3.8, 4) is 5.75 Å². The number of ether oxygens (including phenoxy) is 1. The van der Waals surface area contributed by atoms with Crippen LogP contribution in [0.5, 0.6) is 5.75 Å². The molecule has 0 spiro atoms. The van der Waals surface area contributed by atoms with E-state index in [1.165, 1.54) is 24.0 Å². The number of unbranched alkanes of at least 4 members (excludes halogenated alkanes) is 1. The van der Waals surface area contributed by atoms with E-state index in [4.69, 9.17) is 4.74 Å². The number of hydrogen-bond donors (Lipinski definition) is 1. The van der Waals surface area contributed by atoms with E-state index in [2.05, 4.69) is 24.4 Å². The summed E-state index contributed by atoms with van der Waals surface area (Å²) in [4.78, 5) is 12.4. The van der Waals surface area contributed by atoms with Crippen LogP contribution < -0.4 is 10.1 Å². The highest BCUT2D eigenvalue weighted by molar-refractivity contribution is 5.94. The summed E-state index contributed by atoms with van der Waals surface area (Å²) in [6, 6.07) is 15.8. The van der Waals surface area contributed by atoms with Gasteiger partial charge < -0.3 is 10.1 Å². The molecule has 0 bridgehead atoms. The number of rotatable bonds is 8. The number of nitrogens with one attached hydrogen (secondary N) is 1. The van der Waals surface area contributed by atoms with Crippen LogP contribution in [0, 0.1) is 6.92 Å². The standard InChI is InChI=1S/C21H27NO2/c1-4-6-7-17-10-12-18(13-11-17)22-21(23)20(5-2)24-19-14-8-16(3)9-15-19/h8-15,20H,4-7H2,1-3H3,(H,22,23)/t20-/m0/s1. The van der Waals surface area contributed by atoms with Crippen LogP contribution in [0.1, 0.15) is 44.2 Å². The van der Waals surface area contributed by atoms with Crippen molar-refractivity contribution in [1.29, 1.82) is 0 Å². The third-order valence-electron chi connectivity index (χ3n) is 4.00. The zero-order chi connectivity index (χ0) is 17.4. The van der Waals surface area contributed by atoms with E-state index in [0.717, 1.165) is 17.9 Å². The van der Waals surface area contributed by atoms with Crippen LogP contribution in [0.3, 0.4) is 0 Å². The van der Waals surface area contributed by atoms with Crippen molar-refractivity contribution in [2.75, 3.05) is 5.32 Å². The maximum Gasteiger partial charge on any atom is 0.265 e. The fourth-order valence-corrected chi connectivity index (χ4v) is 2.46. The monoisotopic (exact) mass is 325 g/mol. The van der Waals surface area contributed by atoms with Gasteiger partial charge in [-0.15, -0.1) is 0 Å². The topological polar surface area (TPSA) is 38.3 Å². The lowest BCUT2D eigenvalue weighted by atomic mass is 10.1. The molecule has 2 aromatic carbocycles. The van der Waals surface area contributed by atoms with Gasteiger partial charge >= 0.3 is 0 Å². The molecular formula is C21H27NO2. The number of anilines is 1. The van der Waals surface area contributed by atoms with Crippen LogP contribution in [-0.2, 0) is 11.2 Å². The number of carbonyl (C=O) groups excluding carboxylic acids is 1. The first-order valence-corrected chi connectivity index (χ1v) is 8.75. The molecule has 2 rings (SSSR count). The summed E-state index contributed by atoms with van der Waals surface area (Å²) in [5, 5.41) is 2.94. The first-order chi connectivity index (χ1) is 11.6. The maximum atomic E-state index is 12.4. The predicted octanol–water partition coefficient (Wildman–Crippen LogP) is 5.13. The minimum atomic E-state index is -0.493. The van der Waals surface area contributed by atoms with E-state index in [1.807, 2.05) is 50.2 Å². The van der Waals surface area contributed by atoms with E-state index < -0.39 is 6.10 Å². The average Bonchev–Trinajstić information content (AvgIpc) is 2.60. The smallest absolute Gasteiger partial charge is 0.265 e. The number of hydrogen-bond acceptors (Lipinski definition) is 2. The summed E-state index contributed by atoms with van der Waals surface area (Å²) in [5.41, 5.74) is 3.28. The zero-order valence-corrected chi connectivity index (χ0v) is 14.8. The van der Waals surface area contributed by atoms with Crippen LogP contribution in [0.4, 0.5) is 5.69 Å². The van der Waals surface area contributed by atoms with Gasteiger partial charge in [0, 0.05) is 5.69 Å². The van der Waals surface area contributed by atoms with Gasteiger partial charge in [0.2, 0.25) is 0 Å². The molecule has 0 aromatic heterocycles. The Morgan fingerprint density at radius 1 is 1.04 bits per heavy atom. The molecule has 0 saturated heterocycles. The molecular weight excluding hydrogens is 298 g/mol. The van der Waals surface area contributed by atoms with Crippen LogP contribution in [0.15, 0.2) is 48.5 Å². The zero-order valence-electron chi connectivity index (χ0n) is 14.8. The highest BCUT2D eigenvalue weighted by atomic mass is 16.5. The third kappa shape index (κ3) is 5.41. The minimum Gasteiger partial charge on any atom is -0.481 e. The van der Waals surface area contributed by atoms with Gasteiger partial charge in [0.25, 0.3) is 5.91 Å². The summed E-state index contributed by atoms with van der Waals surface area (Å²) in [6.45, 7) is 6.16. The van der Waals surface area contributed by atoms with Gasteiger partial charge in [-0.1, -0.05) is 50.1 Å². The van der Waals surface area contributed by atoms with Crippen molar-refractivity contribution in [3.63, 3.8) is 0 Å². The summed E-state index contributed by atoms with van der Waals surface area (Å²) >= 11 is 0. The van der Waals surface area contributed by atoms with Crippen molar-refractivity contribution < 1.29 is 9.53 Å². The molecule has 0 aliphatic heterocycles. The Hall–Kier alpha value is -2.29. The highest BCUT2D eigenvalue weighted by Gasteiger charge is 2.18. The molecule has 0 heterocycles. The lowest BCUT2D eigenvalue weighted by Gasteiger charge is -2.17. The molecule has 0 saturated carbocycles. The molecule has 3 nitrogen and oxygen atoms in total. The third-order valence-corrected chi connectivity index (χ3v) is 4.00. The molecule has 1 amide bonds. The number of aryl methyl sites for hydroxylation is 2. The van der Waals surface area contributed by atoms with Crippen molar-refractivity contribution in [2.45, 2.75) is 52.6 Å². The molecule has 2 aromatic rings. The molecule has 3 heteroatoms. The molecule has 0 fully saturated rings. The van der Waals surface area contributed by atoms with Gasteiger partial charge in [-0.2, -0.15) is 0 Å². The van der Waals surface area contributed by atoms with E-state index >= 15 is 0 Å². The van der Waals surface area contributed by atoms with Gasteiger partial charge in [0.15, 0.2) is 6.10 Å². The van der Waals surface area contributed by atoms with Crippen LogP contribution in [-0.4, -0.2) is 12.0 Å². The second kappa shape index (κ2) is 9.11. The Morgan fingerprint density at radius 3 is 2.29 bits per heavy atom. The Bertz CT molecular complexity index is 632. The minimum absolute atomic E-state index is 0.112. The molecule has 0 unspecified atom stereocenters. The van der Waals surface area contributed by atoms with Gasteiger partial charge in [-0.3, -0.25) is 4.79 Å². The first kappa shape index (κ1) is 18.1. The van der Waals surface area contributed by atoms with Crippen LogP contribution in [0.25, 0.3) is 0 Å². The van der Waals surface area contributed by atoms with Crippen molar-refractivity contribution in [1.82, 2.24) is 0 Å². The molecule has 128 valence electrons. The molecule has 0 radical (unpaired) electrons. The van der Waals surface area contributed by atoms with Gasteiger partial charge in [0.1, 0.15) is 5.75 Å². The Labute approximate surface area is 145 Å². The van der Waals surface area contributed by atoms with Gasteiger partial charge in [0.05, 0.1) is 0 Å². The van der Waals surface area contributed by atoms with E-state index in [9.17, 15) is 4.79 Å². The van der Waals surface area contributed by atoms with E-state index in [1.54, 1.807) is 0 Å². The fraction of sp³-hybridized carbons (Fsp3) is 0.381. The van der Waals surface area contributed by atoms with Crippen LogP contribution in [0.2, 0.25) is 0 Å². The second-order valence-electron chi connectivity index (χ2n) is 6.12.